The maximum atomic E-state index is 13.0. The van der Waals surface area contributed by atoms with E-state index in [1.54, 1.807) is 23.1 Å². The van der Waals surface area contributed by atoms with Gasteiger partial charge in [0.1, 0.15) is 11.4 Å². The molecule has 2 aliphatic heterocycles. The van der Waals surface area contributed by atoms with Gasteiger partial charge in [-0.05, 0) is 24.3 Å². The third-order valence-corrected chi connectivity index (χ3v) is 6.56. The molecule has 0 aliphatic carbocycles. The lowest BCUT2D eigenvalue weighted by molar-refractivity contribution is -0.137. The molecule has 8 nitrogen and oxygen atoms in total. The van der Waals surface area contributed by atoms with Crippen LogP contribution < -0.4 is 4.74 Å². The van der Waals surface area contributed by atoms with Gasteiger partial charge < -0.3 is 9.64 Å². The smallest absolute Gasteiger partial charge is 0.416 e. The molecule has 3 aromatic rings. The highest BCUT2D eigenvalue weighted by Gasteiger charge is 2.31. The second kappa shape index (κ2) is 9.81. The van der Waals surface area contributed by atoms with Crippen molar-refractivity contribution in [1.29, 1.82) is 0 Å². The van der Waals surface area contributed by atoms with Gasteiger partial charge in [0.2, 0.25) is 0 Å². The highest BCUT2D eigenvalue weighted by atomic mass is 19.4. The summed E-state index contributed by atoms with van der Waals surface area (Å²) in [4.78, 5) is 40.7. The second-order valence-electron chi connectivity index (χ2n) is 9.03. The zero-order valence-corrected chi connectivity index (χ0v) is 19.7. The second-order valence-corrected chi connectivity index (χ2v) is 9.03. The minimum atomic E-state index is -4.47. The average Bonchev–Trinajstić information content (AvgIpc) is 3.52. The molecule has 5 rings (SSSR count). The number of ketones is 1. The zero-order chi connectivity index (χ0) is 26.2. The Morgan fingerprint density at radius 1 is 1.03 bits per heavy atom. The van der Waals surface area contributed by atoms with Gasteiger partial charge in [-0.3, -0.25) is 24.4 Å². The number of hydrogen-bond acceptors (Lipinski definition) is 6. The number of ether oxygens (including phenoxy) is 1. The van der Waals surface area contributed by atoms with Crippen molar-refractivity contribution >= 4 is 17.7 Å². The Morgan fingerprint density at radius 2 is 1.81 bits per heavy atom. The minimum absolute atomic E-state index is 0.0520. The van der Waals surface area contributed by atoms with Crippen molar-refractivity contribution in [1.82, 2.24) is 20.0 Å². The Morgan fingerprint density at radius 3 is 2.57 bits per heavy atom. The Kier molecular flexibility index (Phi) is 6.55. The fraction of sp³-hybridized carbons (Fsp3) is 0.308. The number of alkyl halides is 3. The molecule has 1 aromatic heterocycles. The molecule has 192 valence electrons. The molecule has 11 heteroatoms. The van der Waals surface area contributed by atoms with E-state index in [-0.39, 0.29) is 41.0 Å². The fourth-order valence-electron chi connectivity index (χ4n) is 4.47. The van der Waals surface area contributed by atoms with Crippen molar-refractivity contribution in [3.05, 3.63) is 70.9 Å². The molecule has 1 fully saturated rings. The van der Waals surface area contributed by atoms with Crippen molar-refractivity contribution in [3.8, 4) is 17.0 Å². The van der Waals surface area contributed by atoms with Crippen molar-refractivity contribution in [2.24, 2.45) is 0 Å². The van der Waals surface area contributed by atoms with Crippen LogP contribution in [-0.2, 0) is 17.4 Å². The maximum Gasteiger partial charge on any atom is 0.416 e. The van der Waals surface area contributed by atoms with E-state index < -0.39 is 11.7 Å². The molecule has 2 aliphatic rings. The number of aromatic amines is 1. The lowest BCUT2D eigenvalue weighted by Crippen LogP contribution is -2.49. The summed E-state index contributed by atoms with van der Waals surface area (Å²) in [5.74, 6) is -0.218. The van der Waals surface area contributed by atoms with Crippen LogP contribution in [0.25, 0.3) is 11.3 Å². The van der Waals surface area contributed by atoms with Crippen LogP contribution in [0, 0.1) is 0 Å². The zero-order valence-electron chi connectivity index (χ0n) is 19.7. The molecule has 1 saturated heterocycles. The molecule has 0 radical (unpaired) electrons. The fourth-order valence-corrected chi connectivity index (χ4v) is 4.47. The van der Waals surface area contributed by atoms with E-state index in [2.05, 4.69) is 15.1 Å². The number of carbonyl (C=O) groups is 3. The molecule has 0 saturated carbocycles. The quantitative estimate of drug-likeness (QED) is 0.308. The number of fused-ring (bicyclic) bond motifs is 1. The molecule has 0 bridgehead atoms. The van der Waals surface area contributed by atoms with Crippen LogP contribution in [0.15, 0.2) is 48.5 Å². The monoisotopic (exact) mass is 512 g/mol. The summed E-state index contributed by atoms with van der Waals surface area (Å²) in [6.07, 6.45) is -3.95. The van der Waals surface area contributed by atoms with Crippen LogP contribution in [0.4, 0.5) is 13.2 Å². The third kappa shape index (κ3) is 5.41. The Bertz CT molecular complexity index is 1360. The summed E-state index contributed by atoms with van der Waals surface area (Å²) >= 11 is 0. The van der Waals surface area contributed by atoms with Crippen LogP contribution >= 0.6 is 0 Å². The van der Waals surface area contributed by atoms with Crippen molar-refractivity contribution in [2.45, 2.75) is 19.0 Å². The van der Waals surface area contributed by atoms with Crippen LogP contribution in [0.3, 0.4) is 0 Å². The molecule has 0 spiro atoms. The first-order valence-electron chi connectivity index (χ1n) is 11.8. The predicted octanol–water partition coefficient (Wildman–Crippen LogP) is 3.59. The number of halogens is 3. The Balaban J connectivity index is 1.13. The highest BCUT2D eigenvalue weighted by Crippen LogP contribution is 2.32. The van der Waals surface area contributed by atoms with Crippen molar-refractivity contribution in [3.63, 3.8) is 0 Å². The highest BCUT2D eigenvalue weighted by molar-refractivity contribution is 5.97. The largest absolute Gasteiger partial charge is 0.426 e. The van der Waals surface area contributed by atoms with Crippen LogP contribution in [0.5, 0.6) is 5.75 Å². The molecule has 3 heterocycles. The number of aromatic nitrogens is 2. The van der Waals surface area contributed by atoms with E-state index in [9.17, 15) is 27.6 Å². The van der Waals surface area contributed by atoms with Crippen LogP contribution in [-0.4, -0.2) is 70.4 Å². The SMILES string of the molecule is O=C1Cc2ccc(C(=O)CCN3CCN(C(=O)c4cc(-c5cccc(C(F)(F)F)c5)n[nH]4)CC3)cc2O1. The van der Waals surface area contributed by atoms with Gasteiger partial charge >= 0.3 is 12.1 Å². The first kappa shape index (κ1) is 24.7. The molecular weight excluding hydrogens is 489 g/mol. The molecule has 37 heavy (non-hydrogen) atoms. The van der Waals surface area contributed by atoms with Crippen molar-refractivity contribution in [2.75, 3.05) is 32.7 Å². The first-order chi connectivity index (χ1) is 17.7. The number of carbonyl (C=O) groups excluding carboxylic acids is 3. The summed E-state index contributed by atoms with van der Waals surface area (Å²) in [7, 11) is 0. The molecule has 0 unspecified atom stereocenters. The number of Topliss-reactive ketones (excluding diaryl/α,β-unsaturated/α-hetero) is 1. The van der Waals surface area contributed by atoms with Gasteiger partial charge in [-0.1, -0.05) is 24.3 Å². The van der Waals surface area contributed by atoms with Gasteiger partial charge in [-0.25, -0.2) is 0 Å². The predicted molar refractivity (Wildman–Crippen MR) is 126 cm³/mol. The molecule has 1 N–H and O–H groups in total. The number of hydrogen-bond donors (Lipinski definition) is 1. The van der Waals surface area contributed by atoms with E-state index in [1.165, 1.54) is 18.2 Å². The topological polar surface area (TPSA) is 95.6 Å². The number of amides is 1. The van der Waals surface area contributed by atoms with Crippen molar-refractivity contribution < 1.29 is 32.3 Å². The van der Waals surface area contributed by atoms with Crippen LogP contribution in [0.2, 0.25) is 0 Å². The number of benzene rings is 2. The normalized spacial score (nSPS) is 16.0. The minimum Gasteiger partial charge on any atom is -0.426 e. The lowest BCUT2D eigenvalue weighted by atomic mass is 10.0. The molecular formula is C26H23F3N4O4. The first-order valence-corrected chi connectivity index (χ1v) is 11.8. The lowest BCUT2D eigenvalue weighted by Gasteiger charge is -2.34. The van der Waals surface area contributed by atoms with Gasteiger partial charge in [-0.15, -0.1) is 0 Å². The number of piperazine rings is 1. The maximum absolute atomic E-state index is 13.0. The van der Waals surface area contributed by atoms with Gasteiger partial charge in [0.05, 0.1) is 17.7 Å². The molecule has 2 aromatic carbocycles. The van der Waals surface area contributed by atoms with Gasteiger partial charge in [0.15, 0.2) is 5.78 Å². The van der Waals surface area contributed by atoms with E-state index in [0.29, 0.717) is 50.5 Å². The van der Waals surface area contributed by atoms with Gasteiger partial charge in [0.25, 0.3) is 5.91 Å². The van der Waals surface area contributed by atoms with E-state index in [1.807, 2.05) is 0 Å². The third-order valence-electron chi connectivity index (χ3n) is 6.56. The number of H-pyrrole nitrogens is 1. The number of nitrogens with one attached hydrogen (secondary N) is 1. The van der Waals surface area contributed by atoms with E-state index in [4.69, 9.17) is 4.74 Å². The van der Waals surface area contributed by atoms with Crippen LogP contribution in [0.1, 0.15) is 38.4 Å². The van der Waals surface area contributed by atoms with Gasteiger partial charge in [-0.2, -0.15) is 18.3 Å². The Labute approximate surface area is 210 Å². The molecule has 1 amide bonds. The van der Waals surface area contributed by atoms with E-state index >= 15 is 0 Å². The molecule has 0 atom stereocenters. The number of esters is 1. The summed E-state index contributed by atoms with van der Waals surface area (Å²) in [6.45, 7) is 2.58. The summed E-state index contributed by atoms with van der Waals surface area (Å²) in [5, 5.41) is 6.67. The summed E-state index contributed by atoms with van der Waals surface area (Å²) in [6, 6.07) is 11.3. The number of nitrogens with zero attached hydrogens (tertiary/aromatic N) is 3. The summed E-state index contributed by atoms with van der Waals surface area (Å²) in [5.41, 5.74) is 1.22. The average molecular weight is 512 g/mol. The van der Waals surface area contributed by atoms with E-state index in [0.717, 1.165) is 17.7 Å². The number of rotatable bonds is 6. The summed E-state index contributed by atoms with van der Waals surface area (Å²) < 4.78 is 44.1. The standard InChI is InChI=1S/C26H23F3N4O4/c27-26(28,29)19-3-1-2-16(12-19)20-15-21(31-30-20)25(36)33-10-8-32(9-11-33)7-6-22(34)17-4-5-18-14-24(35)37-23(18)13-17/h1-5,12-13,15H,6-11,14H2,(H,30,31). The Hall–Kier alpha value is -3.99. The van der Waals surface area contributed by atoms with Gasteiger partial charge in [0, 0.05) is 55.8 Å².